The summed E-state index contributed by atoms with van der Waals surface area (Å²) in [5, 5.41) is 23.8. The first-order chi connectivity index (χ1) is 7.02. The highest BCUT2D eigenvalue weighted by molar-refractivity contribution is 7.10. The summed E-state index contributed by atoms with van der Waals surface area (Å²) in [6, 6.07) is 1.65. The summed E-state index contributed by atoms with van der Waals surface area (Å²) >= 11 is 7.06. The fraction of sp³-hybridized carbons (Fsp3) is 0.444. The van der Waals surface area contributed by atoms with Crippen molar-refractivity contribution in [3.63, 3.8) is 0 Å². The van der Waals surface area contributed by atoms with E-state index >= 15 is 0 Å². The molecule has 1 heterocycles. The number of carbonyl (C=O) groups excluding carboxylic acids is 1. The Morgan fingerprint density at radius 2 is 2.33 bits per heavy atom. The lowest BCUT2D eigenvalue weighted by Crippen LogP contribution is -2.34. The molecule has 0 saturated carbocycles. The third kappa shape index (κ3) is 3.46. The Labute approximate surface area is 96.5 Å². The van der Waals surface area contributed by atoms with Crippen LogP contribution in [-0.4, -0.2) is 28.8 Å². The number of carbonyl (C=O) groups is 1. The van der Waals surface area contributed by atoms with Crippen molar-refractivity contribution in [1.29, 1.82) is 0 Å². The van der Waals surface area contributed by atoms with Gasteiger partial charge in [0.2, 0.25) is 5.91 Å². The van der Waals surface area contributed by atoms with Gasteiger partial charge in [-0.1, -0.05) is 11.6 Å². The van der Waals surface area contributed by atoms with E-state index in [9.17, 15) is 15.0 Å². The second-order valence-corrected chi connectivity index (χ2v) is 4.44. The standard InChI is InChI=1S/C9H12ClNO3S/c1-5(12)11-4-7(13)8(14)9-6(10)2-3-15-9/h2-3,7-8,13-14H,4H2,1H3,(H,11,12). The maximum Gasteiger partial charge on any atom is 0.216 e. The highest BCUT2D eigenvalue weighted by Gasteiger charge is 2.21. The minimum Gasteiger partial charge on any atom is -0.388 e. The number of thiophene rings is 1. The molecule has 2 unspecified atom stereocenters. The predicted molar refractivity (Wildman–Crippen MR) is 59.0 cm³/mol. The molecule has 1 aromatic rings. The third-order valence-corrected chi connectivity index (χ3v) is 3.27. The number of aliphatic hydroxyl groups excluding tert-OH is 2. The Morgan fingerprint density at radius 1 is 1.67 bits per heavy atom. The molecule has 6 heteroatoms. The molecule has 0 aliphatic heterocycles. The van der Waals surface area contributed by atoms with Crippen LogP contribution in [0.1, 0.15) is 17.9 Å². The molecule has 0 radical (unpaired) electrons. The Morgan fingerprint density at radius 3 is 2.80 bits per heavy atom. The maximum absolute atomic E-state index is 10.6. The van der Waals surface area contributed by atoms with E-state index in [1.807, 2.05) is 0 Å². The van der Waals surface area contributed by atoms with Crippen molar-refractivity contribution >= 4 is 28.8 Å². The van der Waals surface area contributed by atoms with Crippen LogP contribution in [0.25, 0.3) is 0 Å². The van der Waals surface area contributed by atoms with Gasteiger partial charge in [-0.15, -0.1) is 11.3 Å². The van der Waals surface area contributed by atoms with Crippen molar-refractivity contribution in [3.8, 4) is 0 Å². The van der Waals surface area contributed by atoms with Gasteiger partial charge >= 0.3 is 0 Å². The quantitative estimate of drug-likeness (QED) is 0.744. The monoisotopic (exact) mass is 249 g/mol. The van der Waals surface area contributed by atoms with Gasteiger partial charge in [-0.25, -0.2) is 0 Å². The minimum absolute atomic E-state index is 0.00469. The lowest BCUT2D eigenvalue weighted by molar-refractivity contribution is -0.119. The van der Waals surface area contributed by atoms with E-state index in [-0.39, 0.29) is 12.5 Å². The number of aliphatic hydroxyl groups is 2. The summed E-state index contributed by atoms with van der Waals surface area (Å²) in [6.45, 7) is 1.35. The number of amides is 1. The summed E-state index contributed by atoms with van der Waals surface area (Å²) in [7, 11) is 0. The molecule has 0 bridgehead atoms. The van der Waals surface area contributed by atoms with Gasteiger partial charge in [0.15, 0.2) is 0 Å². The first-order valence-corrected chi connectivity index (χ1v) is 5.61. The zero-order chi connectivity index (χ0) is 11.4. The fourth-order valence-electron chi connectivity index (χ4n) is 1.05. The van der Waals surface area contributed by atoms with Crippen molar-refractivity contribution in [2.45, 2.75) is 19.1 Å². The topological polar surface area (TPSA) is 69.6 Å². The van der Waals surface area contributed by atoms with E-state index in [0.29, 0.717) is 9.90 Å². The highest BCUT2D eigenvalue weighted by atomic mass is 35.5. The van der Waals surface area contributed by atoms with E-state index in [1.54, 1.807) is 11.4 Å². The molecule has 0 aliphatic carbocycles. The number of hydrogen-bond acceptors (Lipinski definition) is 4. The molecule has 0 fully saturated rings. The zero-order valence-electron chi connectivity index (χ0n) is 8.11. The van der Waals surface area contributed by atoms with Crippen molar-refractivity contribution in [3.05, 3.63) is 21.3 Å². The van der Waals surface area contributed by atoms with Crippen molar-refractivity contribution < 1.29 is 15.0 Å². The van der Waals surface area contributed by atoms with E-state index < -0.39 is 12.2 Å². The second-order valence-electron chi connectivity index (χ2n) is 3.08. The molecule has 4 nitrogen and oxygen atoms in total. The minimum atomic E-state index is -1.07. The number of halogens is 1. The molecule has 3 N–H and O–H groups in total. The van der Waals surface area contributed by atoms with Crippen LogP contribution < -0.4 is 5.32 Å². The Balaban J connectivity index is 2.57. The van der Waals surface area contributed by atoms with E-state index in [2.05, 4.69) is 5.32 Å². The molecule has 0 saturated heterocycles. The summed E-state index contributed by atoms with van der Waals surface area (Å²) < 4.78 is 0. The Hall–Kier alpha value is -0.620. The first-order valence-electron chi connectivity index (χ1n) is 4.36. The van der Waals surface area contributed by atoms with Crippen LogP contribution in [0.5, 0.6) is 0 Å². The van der Waals surface area contributed by atoms with Crippen LogP contribution >= 0.6 is 22.9 Å². The molecule has 0 aromatic carbocycles. The number of rotatable bonds is 4. The van der Waals surface area contributed by atoms with Gasteiger partial charge in [-0.05, 0) is 11.4 Å². The van der Waals surface area contributed by atoms with Gasteiger partial charge in [0.1, 0.15) is 12.2 Å². The molecule has 1 amide bonds. The molecule has 84 valence electrons. The average Bonchev–Trinajstić information content (AvgIpc) is 2.59. The molecule has 1 aromatic heterocycles. The van der Waals surface area contributed by atoms with E-state index in [0.717, 1.165) is 0 Å². The van der Waals surface area contributed by atoms with Crippen LogP contribution in [-0.2, 0) is 4.79 Å². The first kappa shape index (κ1) is 12.4. The summed E-state index contributed by atoms with van der Waals surface area (Å²) in [6.07, 6.45) is -2.12. The number of nitrogens with one attached hydrogen (secondary N) is 1. The molecular weight excluding hydrogens is 238 g/mol. The average molecular weight is 250 g/mol. The van der Waals surface area contributed by atoms with Crippen molar-refractivity contribution in [2.75, 3.05) is 6.54 Å². The van der Waals surface area contributed by atoms with E-state index in [4.69, 9.17) is 11.6 Å². The predicted octanol–water partition coefficient (Wildman–Crippen LogP) is 0.932. The fourth-order valence-corrected chi connectivity index (χ4v) is 2.26. The molecular formula is C9H12ClNO3S. The Bertz CT molecular complexity index is 342. The summed E-state index contributed by atoms with van der Waals surface area (Å²) in [5.74, 6) is -0.251. The van der Waals surface area contributed by atoms with Crippen LogP contribution in [0, 0.1) is 0 Å². The van der Waals surface area contributed by atoms with Gasteiger partial charge in [0.05, 0.1) is 9.90 Å². The normalized spacial score (nSPS) is 14.7. The van der Waals surface area contributed by atoms with Crippen LogP contribution in [0.4, 0.5) is 0 Å². The summed E-state index contributed by atoms with van der Waals surface area (Å²) in [5.41, 5.74) is 0. The van der Waals surface area contributed by atoms with Crippen LogP contribution in [0.3, 0.4) is 0 Å². The zero-order valence-corrected chi connectivity index (χ0v) is 9.68. The summed E-state index contributed by atoms with van der Waals surface area (Å²) in [4.78, 5) is 11.1. The third-order valence-electron chi connectivity index (χ3n) is 1.84. The lowest BCUT2D eigenvalue weighted by Gasteiger charge is -2.17. The van der Waals surface area contributed by atoms with Gasteiger partial charge in [-0.3, -0.25) is 4.79 Å². The molecule has 0 aliphatic rings. The van der Waals surface area contributed by atoms with Gasteiger partial charge < -0.3 is 15.5 Å². The smallest absolute Gasteiger partial charge is 0.216 e. The molecule has 0 spiro atoms. The lowest BCUT2D eigenvalue weighted by atomic mass is 10.1. The maximum atomic E-state index is 10.6. The van der Waals surface area contributed by atoms with Gasteiger partial charge in [0.25, 0.3) is 0 Å². The van der Waals surface area contributed by atoms with Crippen molar-refractivity contribution in [2.24, 2.45) is 0 Å². The van der Waals surface area contributed by atoms with Gasteiger partial charge in [-0.2, -0.15) is 0 Å². The number of hydrogen-bond donors (Lipinski definition) is 3. The van der Waals surface area contributed by atoms with Crippen LogP contribution in [0.2, 0.25) is 5.02 Å². The van der Waals surface area contributed by atoms with Crippen LogP contribution in [0.15, 0.2) is 11.4 Å². The largest absolute Gasteiger partial charge is 0.388 e. The highest BCUT2D eigenvalue weighted by Crippen LogP contribution is 2.30. The molecule has 2 atom stereocenters. The SMILES string of the molecule is CC(=O)NCC(O)C(O)c1sccc1Cl. The van der Waals surface area contributed by atoms with Gasteiger partial charge in [0, 0.05) is 13.5 Å². The van der Waals surface area contributed by atoms with E-state index in [1.165, 1.54) is 18.3 Å². The van der Waals surface area contributed by atoms with Crippen molar-refractivity contribution in [1.82, 2.24) is 5.32 Å². The molecule has 1 rings (SSSR count). The Kier molecular flexibility index (Phi) is 4.53. The molecule has 15 heavy (non-hydrogen) atoms. The second kappa shape index (κ2) is 5.46.